The van der Waals surface area contributed by atoms with Crippen LogP contribution in [0, 0.1) is 5.82 Å². The Morgan fingerprint density at radius 3 is 2.48 bits per heavy atom. The molecule has 0 aliphatic rings. The molecule has 2 heterocycles. The van der Waals surface area contributed by atoms with Crippen molar-refractivity contribution < 1.29 is 8.81 Å². The first-order chi connectivity index (χ1) is 12.9. The van der Waals surface area contributed by atoms with Crippen molar-refractivity contribution in [3.05, 3.63) is 47.9 Å². The van der Waals surface area contributed by atoms with Crippen LogP contribution in [0.3, 0.4) is 0 Å². The van der Waals surface area contributed by atoms with Crippen LogP contribution in [-0.4, -0.2) is 40.6 Å². The summed E-state index contributed by atoms with van der Waals surface area (Å²) in [6.45, 7) is 4.69. The summed E-state index contributed by atoms with van der Waals surface area (Å²) in [5.41, 5.74) is 1.54. The van der Waals surface area contributed by atoms with Gasteiger partial charge in [-0.15, -0.1) is 0 Å². The van der Waals surface area contributed by atoms with Gasteiger partial charge in [-0.2, -0.15) is 15.0 Å². The molecule has 0 saturated carbocycles. The van der Waals surface area contributed by atoms with E-state index in [9.17, 15) is 4.39 Å². The number of nitrogens with zero attached hydrogens (tertiary/aromatic N) is 5. The molecule has 0 bridgehead atoms. The Kier molecular flexibility index (Phi) is 5.63. The van der Waals surface area contributed by atoms with Gasteiger partial charge in [0.1, 0.15) is 17.9 Å². The molecule has 1 aromatic carbocycles. The van der Waals surface area contributed by atoms with Crippen LogP contribution >= 0.6 is 0 Å². The molecule has 0 unspecified atom stereocenters. The summed E-state index contributed by atoms with van der Waals surface area (Å²) in [7, 11) is 3.80. The van der Waals surface area contributed by atoms with E-state index in [1.54, 1.807) is 18.4 Å². The van der Waals surface area contributed by atoms with Crippen LogP contribution in [0.25, 0.3) is 11.5 Å². The molecule has 0 saturated heterocycles. The Morgan fingerprint density at radius 2 is 1.81 bits per heavy atom. The van der Waals surface area contributed by atoms with E-state index in [2.05, 4.69) is 25.3 Å². The number of oxazole rings is 1. The first kappa shape index (κ1) is 18.8. The molecule has 0 aliphatic heterocycles. The lowest BCUT2D eigenvalue weighted by Crippen LogP contribution is -2.18. The van der Waals surface area contributed by atoms with E-state index >= 15 is 0 Å². The fraction of sp³-hybridized carbons (Fsp3) is 0.368. The lowest BCUT2D eigenvalue weighted by atomic mass is 10.2. The second-order valence-corrected chi connectivity index (χ2v) is 6.69. The summed E-state index contributed by atoms with van der Waals surface area (Å²) in [6, 6.07) is 6.06. The molecular formula is C19H23FN6O. The first-order valence-corrected chi connectivity index (χ1v) is 8.80. The third kappa shape index (κ3) is 4.78. The van der Waals surface area contributed by atoms with E-state index in [0.717, 1.165) is 17.1 Å². The Labute approximate surface area is 157 Å². The molecule has 1 N–H and O–H groups in total. The first-order valence-electron chi connectivity index (χ1n) is 8.80. The number of nitrogens with one attached hydrogen (secondary N) is 1. The van der Waals surface area contributed by atoms with E-state index in [-0.39, 0.29) is 11.7 Å². The van der Waals surface area contributed by atoms with Crippen molar-refractivity contribution in [2.75, 3.05) is 30.9 Å². The molecule has 27 heavy (non-hydrogen) atoms. The van der Waals surface area contributed by atoms with Crippen molar-refractivity contribution in [2.24, 2.45) is 0 Å². The van der Waals surface area contributed by atoms with Gasteiger partial charge in [-0.1, -0.05) is 13.8 Å². The fourth-order valence-corrected chi connectivity index (χ4v) is 2.37. The molecule has 0 amide bonds. The smallest absolute Gasteiger partial charge is 0.229 e. The van der Waals surface area contributed by atoms with Crippen LogP contribution in [0.5, 0.6) is 0 Å². The van der Waals surface area contributed by atoms with Gasteiger partial charge in [0, 0.05) is 38.5 Å². The average molecular weight is 370 g/mol. The quantitative estimate of drug-likeness (QED) is 0.682. The Hall–Kier alpha value is -3.03. The standard InChI is InChI=1S/C19H23FN6O/c1-12(2)16-23-18(25-19(24-16)26(3)4)21-10-9-15-11-27-17(22-15)13-5-7-14(20)8-6-13/h5-8,11-12H,9-10H2,1-4H3,(H,21,23,24,25). The molecule has 0 spiro atoms. The minimum Gasteiger partial charge on any atom is -0.444 e. The van der Waals surface area contributed by atoms with Crippen molar-refractivity contribution in [1.82, 2.24) is 19.9 Å². The predicted octanol–water partition coefficient (Wildman–Crippen LogP) is 3.51. The monoisotopic (exact) mass is 370 g/mol. The Bertz CT molecular complexity index is 865. The maximum absolute atomic E-state index is 13.0. The number of hydrogen-bond acceptors (Lipinski definition) is 7. The van der Waals surface area contributed by atoms with Crippen molar-refractivity contribution in [3.8, 4) is 11.5 Å². The van der Waals surface area contributed by atoms with Gasteiger partial charge in [0.15, 0.2) is 0 Å². The molecular weight excluding hydrogens is 347 g/mol. The Morgan fingerprint density at radius 1 is 1.07 bits per heavy atom. The van der Waals surface area contributed by atoms with E-state index < -0.39 is 0 Å². The van der Waals surface area contributed by atoms with Crippen LogP contribution < -0.4 is 10.2 Å². The van der Waals surface area contributed by atoms with Gasteiger partial charge in [0.25, 0.3) is 0 Å². The zero-order chi connectivity index (χ0) is 19.4. The van der Waals surface area contributed by atoms with Gasteiger partial charge in [-0.3, -0.25) is 0 Å². The van der Waals surface area contributed by atoms with Gasteiger partial charge in [-0.25, -0.2) is 9.37 Å². The van der Waals surface area contributed by atoms with Gasteiger partial charge in [0.05, 0.1) is 5.69 Å². The summed E-state index contributed by atoms with van der Waals surface area (Å²) < 4.78 is 18.5. The molecule has 142 valence electrons. The third-order valence-electron chi connectivity index (χ3n) is 3.86. The second-order valence-electron chi connectivity index (χ2n) is 6.69. The molecule has 0 aliphatic carbocycles. The van der Waals surface area contributed by atoms with Crippen LogP contribution in [-0.2, 0) is 6.42 Å². The molecule has 2 aromatic heterocycles. The lowest BCUT2D eigenvalue weighted by Gasteiger charge is -2.14. The molecule has 0 radical (unpaired) electrons. The summed E-state index contributed by atoms with van der Waals surface area (Å²) >= 11 is 0. The largest absolute Gasteiger partial charge is 0.444 e. The molecule has 8 heteroatoms. The van der Waals surface area contributed by atoms with E-state index in [1.165, 1.54) is 12.1 Å². The van der Waals surface area contributed by atoms with Crippen LogP contribution in [0.1, 0.15) is 31.3 Å². The summed E-state index contributed by atoms with van der Waals surface area (Å²) in [4.78, 5) is 19.6. The number of rotatable bonds is 7. The Balaban J connectivity index is 1.64. The van der Waals surface area contributed by atoms with Crippen LogP contribution in [0.4, 0.5) is 16.3 Å². The van der Waals surface area contributed by atoms with E-state index in [4.69, 9.17) is 4.42 Å². The fourth-order valence-electron chi connectivity index (χ4n) is 2.37. The maximum Gasteiger partial charge on any atom is 0.229 e. The topological polar surface area (TPSA) is 80.0 Å². The molecule has 3 aromatic rings. The highest BCUT2D eigenvalue weighted by Gasteiger charge is 2.11. The van der Waals surface area contributed by atoms with Crippen molar-refractivity contribution in [1.29, 1.82) is 0 Å². The number of halogens is 1. The van der Waals surface area contributed by atoms with Gasteiger partial charge in [-0.05, 0) is 24.3 Å². The SMILES string of the molecule is CC(C)c1nc(NCCc2coc(-c3ccc(F)cc3)n2)nc(N(C)C)n1. The molecule has 7 nitrogen and oxygen atoms in total. The van der Waals surface area contributed by atoms with Crippen LogP contribution in [0.15, 0.2) is 34.9 Å². The predicted molar refractivity (Wildman–Crippen MR) is 102 cm³/mol. The summed E-state index contributed by atoms with van der Waals surface area (Å²) in [5, 5.41) is 3.22. The zero-order valence-corrected chi connectivity index (χ0v) is 15.9. The highest BCUT2D eigenvalue weighted by atomic mass is 19.1. The lowest BCUT2D eigenvalue weighted by molar-refractivity contribution is 0.572. The third-order valence-corrected chi connectivity index (χ3v) is 3.86. The average Bonchev–Trinajstić information content (AvgIpc) is 3.11. The highest BCUT2D eigenvalue weighted by molar-refractivity contribution is 5.52. The molecule has 3 rings (SSSR count). The van der Waals surface area contributed by atoms with Crippen LogP contribution in [0.2, 0.25) is 0 Å². The number of aromatic nitrogens is 4. The van der Waals surface area contributed by atoms with Gasteiger partial charge >= 0.3 is 0 Å². The second kappa shape index (κ2) is 8.11. The minimum absolute atomic E-state index is 0.209. The zero-order valence-electron chi connectivity index (χ0n) is 15.9. The molecule has 0 fully saturated rings. The number of hydrogen-bond donors (Lipinski definition) is 1. The normalized spacial score (nSPS) is 11.0. The van der Waals surface area contributed by atoms with E-state index in [0.29, 0.717) is 30.8 Å². The highest BCUT2D eigenvalue weighted by Crippen LogP contribution is 2.19. The van der Waals surface area contributed by atoms with E-state index in [1.807, 2.05) is 32.8 Å². The van der Waals surface area contributed by atoms with Crippen molar-refractivity contribution in [3.63, 3.8) is 0 Å². The minimum atomic E-state index is -0.287. The summed E-state index contributed by atoms with van der Waals surface area (Å²) in [6.07, 6.45) is 2.25. The van der Waals surface area contributed by atoms with Crippen molar-refractivity contribution >= 4 is 11.9 Å². The maximum atomic E-state index is 13.0. The molecule has 0 atom stereocenters. The van der Waals surface area contributed by atoms with Gasteiger partial charge in [0.2, 0.25) is 17.8 Å². The summed E-state index contributed by atoms with van der Waals surface area (Å²) in [5.74, 6) is 2.31. The number of anilines is 2. The van der Waals surface area contributed by atoms with Crippen molar-refractivity contribution in [2.45, 2.75) is 26.2 Å². The number of benzene rings is 1. The van der Waals surface area contributed by atoms with Gasteiger partial charge < -0.3 is 14.6 Å².